The fourth-order valence-corrected chi connectivity index (χ4v) is 2.03. The Bertz CT molecular complexity index is 401. The van der Waals surface area contributed by atoms with Crippen LogP contribution in [-0.2, 0) is 0 Å². The van der Waals surface area contributed by atoms with Gasteiger partial charge in [0.2, 0.25) is 0 Å². The van der Waals surface area contributed by atoms with E-state index in [9.17, 15) is 4.79 Å². The molecule has 0 atom stereocenters. The fourth-order valence-electron chi connectivity index (χ4n) is 0.755. The second-order valence-electron chi connectivity index (χ2n) is 2.24. The largest absolute Gasteiger partial charge is 0.411 e. The van der Waals surface area contributed by atoms with Gasteiger partial charge in [0.05, 0.1) is 15.1 Å². The van der Waals surface area contributed by atoms with Crippen LogP contribution in [0.25, 0.3) is 0 Å². The van der Waals surface area contributed by atoms with E-state index in [2.05, 4.69) is 4.74 Å². The Morgan fingerprint density at radius 2 is 1.13 bits per heavy atom. The third-order valence-electron chi connectivity index (χ3n) is 1.35. The number of halogens is 6. The van der Waals surface area contributed by atoms with Gasteiger partial charge in [-0.15, -0.1) is 0 Å². The second kappa shape index (κ2) is 5.17. The van der Waals surface area contributed by atoms with Crippen molar-refractivity contribution in [2.24, 2.45) is 0 Å². The van der Waals surface area contributed by atoms with E-state index in [4.69, 9.17) is 69.6 Å². The Kier molecular flexibility index (Phi) is 4.65. The average molecular weight is 329 g/mol. The predicted molar refractivity (Wildman–Crippen MR) is 63.4 cm³/mol. The van der Waals surface area contributed by atoms with Crippen LogP contribution < -0.4 is 4.74 Å². The Morgan fingerprint density at radius 3 is 1.47 bits per heavy atom. The molecule has 0 fully saturated rings. The zero-order chi connectivity index (χ0) is 11.7. The smallest absolute Gasteiger partial charge is 0.409 e. The molecule has 0 bridgehead atoms. The number of carbonyl (C=O) groups is 1. The van der Waals surface area contributed by atoms with E-state index in [1.807, 2.05) is 0 Å². The molecule has 2 nitrogen and oxygen atoms in total. The van der Waals surface area contributed by atoms with E-state index in [1.54, 1.807) is 0 Å². The molecule has 1 aromatic carbocycles. The van der Waals surface area contributed by atoms with Crippen LogP contribution >= 0.6 is 69.6 Å². The summed E-state index contributed by atoms with van der Waals surface area (Å²) in [6.45, 7) is 0. The minimum Gasteiger partial charge on any atom is -0.411 e. The normalized spacial score (nSPS) is 10.3. The number of ether oxygens (including phenoxy) is 1. The van der Waals surface area contributed by atoms with Gasteiger partial charge in [-0.1, -0.05) is 58.0 Å². The molecule has 0 amide bonds. The summed E-state index contributed by atoms with van der Waals surface area (Å²) in [7, 11) is 0. The van der Waals surface area contributed by atoms with E-state index in [0.717, 1.165) is 0 Å². The molecule has 82 valence electrons. The highest BCUT2D eigenvalue weighted by atomic mass is 35.5. The molecule has 0 aliphatic heterocycles. The van der Waals surface area contributed by atoms with Gasteiger partial charge in [0.15, 0.2) is 5.75 Å². The summed E-state index contributed by atoms with van der Waals surface area (Å²) in [6, 6.07) is 0. The van der Waals surface area contributed by atoms with Gasteiger partial charge in [-0.25, -0.2) is 4.79 Å². The summed E-state index contributed by atoms with van der Waals surface area (Å²) in [5, 5.41) is -0.431. The molecule has 1 aromatic rings. The molecule has 0 aromatic heterocycles. The molecule has 0 N–H and O–H groups in total. The Balaban J connectivity index is 3.45. The van der Waals surface area contributed by atoms with Gasteiger partial charge >= 0.3 is 5.43 Å². The van der Waals surface area contributed by atoms with Gasteiger partial charge in [-0.3, -0.25) is 0 Å². The first kappa shape index (κ1) is 13.5. The van der Waals surface area contributed by atoms with Gasteiger partial charge in [-0.2, -0.15) is 0 Å². The van der Waals surface area contributed by atoms with Crippen LogP contribution in [0.3, 0.4) is 0 Å². The molecule has 0 spiro atoms. The van der Waals surface area contributed by atoms with Gasteiger partial charge in [0, 0.05) is 11.6 Å². The van der Waals surface area contributed by atoms with Gasteiger partial charge in [-0.05, 0) is 0 Å². The zero-order valence-electron chi connectivity index (χ0n) is 6.58. The van der Waals surface area contributed by atoms with Crippen LogP contribution in [0.5, 0.6) is 5.75 Å². The van der Waals surface area contributed by atoms with Crippen LogP contribution in [-0.4, -0.2) is 5.43 Å². The summed E-state index contributed by atoms with van der Waals surface area (Å²) < 4.78 is 4.53. The standard InChI is InChI=1S/C7Cl6O2/c8-1-2(9)4(11)6(15-7(13)14)5(12)3(1)10. The molecule has 15 heavy (non-hydrogen) atoms. The van der Waals surface area contributed by atoms with E-state index < -0.39 is 5.43 Å². The van der Waals surface area contributed by atoms with Crippen molar-refractivity contribution >= 4 is 75.0 Å². The van der Waals surface area contributed by atoms with Crippen LogP contribution in [0.15, 0.2) is 0 Å². The first-order valence-electron chi connectivity index (χ1n) is 3.25. The SMILES string of the molecule is O=C(Cl)Oc1c(Cl)c(Cl)c(Cl)c(Cl)c1Cl. The number of hydrogen-bond acceptors (Lipinski definition) is 2. The Morgan fingerprint density at radius 1 is 0.800 bits per heavy atom. The molecule has 0 unspecified atom stereocenters. The third-order valence-corrected chi connectivity index (χ3v) is 3.67. The first-order valence-corrected chi connectivity index (χ1v) is 5.51. The van der Waals surface area contributed by atoms with Crippen molar-refractivity contribution < 1.29 is 9.53 Å². The molecule has 0 saturated carbocycles. The predicted octanol–water partition coefficient (Wildman–Crippen LogP) is 5.69. The maximum atomic E-state index is 10.5. The summed E-state index contributed by atoms with van der Waals surface area (Å²) in [6.07, 6.45) is 0. The van der Waals surface area contributed by atoms with Crippen LogP contribution in [0, 0.1) is 0 Å². The fraction of sp³-hybridized carbons (Fsp3) is 0. The number of hydrogen-bond donors (Lipinski definition) is 0. The number of rotatable bonds is 1. The minimum atomic E-state index is -1.12. The van der Waals surface area contributed by atoms with Gasteiger partial charge in [0.1, 0.15) is 10.0 Å². The van der Waals surface area contributed by atoms with Crippen LogP contribution in [0.4, 0.5) is 4.79 Å². The average Bonchev–Trinajstić information content (AvgIpc) is 2.18. The molecule has 8 heteroatoms. The van der Waals surface area contributed by atoms with Crippen molar-refractivity contribution in [3.05, 3.63) is 25.1 Å². The number of benzene rings is 1. The summed E-state index contributed by atoms with van der Waals surface area (Å²) >= 11 is 33.5. The second-order valence-corrected chi connectivity index (χ2v) is 4.44. The van der Waals surface area contributed by atoms with E-state index in [-0.39, 0.29) is 30.9 Å². The van der Waals surface area contributed by atoms with Crippen molar-refractivity contribution in [1.82, 2.24) is 0 Å². The van der Waals surface area contributed by atoms with Crippen LogP contribution in [0.1, 0.15) is 0 Å². The highest BCUT2D eigenvalue weighted by Crippen LogP contribution is 2.48. The molecule has 0 aliphatic carbocycles. The molecule has 0 aliphatic rings. The monoisotopic (exact) mass is 326 g/mol. The van der Waals surface area contributed by atoms with E-state index in [1.165, 1.54) is 0 Å². The molecule has 1 rings (SSSR count). The van der Waals surface area contributed by atoms with Crippen molar-refractivity contribution in [3.63, 3.8) is 0 Å². The van der Waals surface area contributed by atoms with E-state index in [0.29, 0.717) is 0 Å². The molecular formula is C7Cl6O2. The molecule has 0 saturated heterocycles. The van der Waals surface area contributed by atoms with Crippen molar-refractivity contribution in [1.29, 1.82) is 0 Å². The summed E-state index contributed by atoms with van der Waals surface area (Å²) in [5.41, 5.74) is -1.12. The van der Waals surface area contributed by atoms with E-state index >= 15 is 0 Å². The zero-order valence-corrected chi connectivity index (χ0v) is 11.1. The minimum absolute atomic E-state index is 0.0253. The molecular weight excluding hydrogens is 329 g/mol. The number of carbonyl (C=O) groups excluding carboxylic acids is 1. The topological polar surface area (TPSA) is 26.3 Å². The lowest BCUT2D eigenvalue weighted by atomic mass is 10.3. The van der Waals surface area contributed by atoms with Crippen LogP contribution in [0.2, 0.25) is 25.1 Å². The quantitative estimate of drug-likeness (QED) is 0.376. The third kappa shape index (κ3) is 2.76. The maximum absolute atomic E-state index is 10.5. The molecule has 0 radical (unpaired) electrons. The highest BCUT2D eigenvalue weighted by molar-refractivity contribution is 6.62. The molecule has 0 heterocycles. The lowest BCUT2D eigenvalue weighted by Crippen LogP contribution is -1.98. The Hall–Kier alpha value is 0.430. The van der Waals surface area contributed by atoms with Crippen molar-refractivity contribution in [2.45, 2.75) is 0 Å². The summed E-state index contributed by atoms with van der Waals surface area (Å²) in [4.78, 5) is 10.5. The van der Waals surface area contributed by atoms with Gasteiger partial charge < -0.3 is 4.74 Å². The van der Waals surface area contributed by atoms with Crippen molar-refractivity contribution in [3.8, 4) is 5.75 Å². The maximum Gasteiger partial charge on any atom is 0.409 e. The highest BCUT2D eigenvalue weighted by Gasteiger charge is 2.21. The first-order chi connectivity index (χ1) is 6.86. The lowest BCUT2D eigenvalue weighted by Gasteiger charge is -2.10. The van der Waals surface area contributed by atoms with Crippen molar-refractivity contribution in [2.75, 3.05) is 0 Å². The Labute approximate surface area is 115 Å². The summed E-state index contributed by atoms with van der Waals surface area (Å²) in [5.74, 6) is -0.224. The lowest BCUT2D eigenvalue weighted by molar-refractivity contribution is 0.225. The van der Waals surface area contributed by atoms with Gasteiger partial charge in [0.25, 0.3) is 0 Å².